The summed E-state index contributed by atoms with van der Waals surface area (Å²) in [6.45, 7) is 1.08. The van der Waals surface area contributed by atoms with Gasteiger partial charge in [0.05, 0.1) is 18.0 Å². The molecular formula is C29H32N7O+. The maximum absolute atomic E-state index is 12.4. The molecule has 1 unspecified atom stereocenters. The van der Waals surface area contributed by atoms with E-state index < -0.39 is 0 Å². The van der Waals surface area contributed by atoms with Gasteiger partial charge in [-0.3, -0.25) is 9.48 Å². The van der Waals surface area contributed by atoms with Gasteiger partial charge in [-0.15, -0.1) is 0 Å². The number of carbonyl (C=O) groups excluding carboxylic acids is 1. The molecule has 0 N–H and O–H groups in total. The number of rotatable bonds is 4. The van der Waals surface area contributed by atoms with Gasteiger partial charge in [0.15, 0.2) is 17.9 Å². The number of hydrogen-bond acceptors (Lipinski definition) is 5. The van der Waals surface area contributed by atoms with E-state index in [1.807, 2.05) is 64.3 Å². The second-order valence-electron chi connectivity index (χ2n) is 11.6. The summed E-state index contributed by atoms with van der Waals surface area (Å²) in [6, 6.07) is 8.26. The molecule has 8 nitrogen and oxygen atoms in total. The minimum Gasteiger partial charge on any atom is -0.349 e. The molecule has 1 aromatic carbocycles. The van der Waals surface area contributed by atoms with Crippen LogP contribution in [0, 0.1) is 11.3 Å². The quantitative estimate of drug-likeness (QED) is 0.404. The Bertz CT molecular complexity index is 1460. The third-order valence-corrected chi connectivity index (χ3v) is 9.27. The van der Waals surface area contributed by atoms with Crippen molar-refractivity contribution < 1.29 is 9.39 Å². The molecule has 7 rings (SSSR count). The van der Waals surface area contributed by atoms with Crippen molar-refractivity contribution in [3.05, 3.63) is 60.8 Å². The Balaban J connectivity index is 1.06. The van der Waals surface area contributed by atoms with Gasteiger partial charge in [-0.05, 0) is 37.3 Å². The van der Waals surface area contributed by atoms with E-state index in [1.54, 1.807) is 9.58 Å². The first kappa shape index (κ1) is 22.5. The molecule has 0 bridgehead atoms. The summed E-state index contributed by atoms with van der Waals surface area (Å²) < 4.78 is 2.53. The van der Waals surface area contributed by atoms with Gasteiger partial charge in [-0.25, -0.2) is 9.97 Å². The van der Waals surface area contributed by atoms with Crippen molar-refractivity contribution in [3.8, 4) is 22.5 Å². The maximum atomic E-state index is 12.4. The number of amides is 1. The summed E-state index contributed by atoms with van der Waals surface area (Å²) in [5.41, 5.74) is 5.88. The highest BCUT2D eigenvalue weighted by Crippen LogP contribution is 2.79. The van der Waals surface area contributed by atoms with Crippen LogP contribution in [-0.2, 0) is 11.8 Å². The first-order valence-electron chi connectivity index (χ1n) is 13.1. The predicted molar refractivity (Wildman–Crippen MR) is 142 cm³/mol. The van der Waals surface area contributed by atoms with Crippen molar-refractivity contribution in [1.29, 1.82) is 0 Å². The van der Waals surface area contributed by atoms with Crippen molar-refractivity contribution >= 4 is 17.7 Å². The normalized spacial score (nSPS) is 31.2. The lowest BCUT2D eigenvalue weighted by molar-refractivity contribution is -0.771. The van der Waals surface area contributed by atoms with Crippen LogP contribution in [0.15, 0.2) is 60.4 Å². The van der Waals surface area contributed by atoms with E-state index in [-0.39, 0.29) is 17.4 Å². The van der Waals surface area contributed by atoms with E-state index in [0.29, 0.717) is 11.2 Å². The van der Waals surface area contributed by atoms with Crippen molar-refractivity contribution in [2.24, 2.45) is 23.5 Å². The van der Waals surface area contributed by atoms with E-state index in [0.717, 1.165) is 64.6 Å². The molecule has 37 heavy (non-hydrogen) atoms. The van der Waals surface area contributed by atoms with Crippen molar-refractivity contribution in [3.63, 3.8) is 0 Å². The van der Waals surface area contributed by atoms with Crippen LogP contribution >= 0.6 is 0 Å². The molecule has 8 heteroatoms. The Labute approximate surface area is 216 Å². The molecule has 3 spiro atoms. The number of quaternary nitrogens is 1. The van der Waals surface area contributed by atoms with Gasteiger partial charge in [-0.2, -0.15) is 9.69 Å². The highest BCUT2D eigenvalue weighted by Gasteiger charge is 2.92. The lowest BCUT2D eigenvalue weighted by atomic mass is 9.77. The molecule has 0 radical (unpaired) electrons. The summed E-state index contributed by atoms with van der Waals surface area (Å²) in [4.78, 5) is 23.6. The highest BCUT2D eigenvalue weighted by atomic mass is 16.2. The van der Waals surface area contributed by atoms with Crippen LogP contribution in [0.1, 0.15) is 37.7 Å². The van der Waals surface area contributed by atoms with Crippen molar-refractivity contribution in [2.45, 2.75) is 37.6 Å². The van der Waals surface area contributed by atoms with E-state index in [4.69, 9.17) is 15.1 Å². The van der Waals surface area contributed by atoms with E-state index in [9.17, 15) is 4.79 Å². The van der Waals surface area contributed by atoms with Gasteiger partial charge in [0.1, 0.15) is 6.20 Å². The molecule has 2 aliphatic heterocycles. The average Bonchev–Trinajstić information content (AvgIpc) is 3.49. The second kappa shape index (κ2) is 7.68. The van der Waals surface area contributed by atoms with E-state index >= 15 is 0 Å². The number of aromatic nitrogens is 4. The Morgan fingerprint density at radius 3 is 2.51 bits per heavy atom. The third-order valence-electron chi connectivity index (χ3n) is 9.27. The van der Waals surface area contributed by atoms with Gasteiger partial charge >= 0.3 is 0 Å². The van der Waals surface area contributed by atoms with Crippen molar-refractivity contribution in [1.82, 2.24) is 24.6 Å². The molecule has 2 saturated carbocycles. The summed E-state index contributed by atoms with van der Waals surface area (Å²) in [6.07, 6.45) is 17.6. The number of fused-ring (bicyclic) bond motifs is 2. The molecule has 3 aromatic rings. The fraction of sp³-hybridized carbons (Fsp3) is 0.414. The van der Waals surface area contributed by atoms with Crippen LogP contribution in [0.25, 0.3) is 28.1 Å². The van der Waals surface area contributed by atoms with Crippen LogP contribution in [0.5, 0.6) is 0 Å². The third kappa shape index (κ3) is 3.35. The van der Waals surface area contributed by atoms with Crippen LogP contribution < -0.4 is 0 Å². The number of hydrogen-bond donors (Lipinski definition) is 0. The number of aryl methyl sites for hydroxylation is 1. The summed E-state index contributed by atoms with van der Waals surface area (Å²) in [5, 5.41) is 9.27. The monoisotopic (exact) mass is 494 g/mol. The molecule has 2 atom stereocenters. The molecule has 1 saturated heterocycles. The molecule has 188 valence electrons. The standard InChI is InChI=1S/C29H32N7O/c1-34(2)27(37)20-7-9-28(10-8-20)18-29(28)19-36(29)17-25(15-33-36)23-12-30-26(31-13-23)22-6-4-5-21(11-22)24-14-32-35(3)16-24/h4-6,11-17,20H,7-10,18-19H2,1-3H3/q+1/t20?,28?,29-,36?/m0/s1. The second-order valence-corrected chi connectivity index (χ2v) is 11.6. The number of nitrogens with zero attached hydrogens (tertiary/aromatic N) is 7. The van der Waals surface area contributed by atoms with Crippen LogP contribution in [0.2, 0.25) is 0 Å². The van der Waals surface area contributed by atoms with E-state index in [2.05, 4.69) is 23.4 Å². The zero-order valence-corrected chi connectivity index (χ0v) is 21.6. The van der Waals surface area contributed by atoms with Crippen LogP contribution in [0.4, 0.5) is 0 Å². The van der Waals surface area contributed by atoms with Gasteiger partial charge in [0, 0.05) is 74.2 Å². The molecular weight excluding hydrogens is 462 g/mol. The lowest BCUT2D eigenvalue weighted by Crippen LogP contribution is -2.34. The topological polar surface area (TPSA) is 76.3 Å². The molecule has 2 aromatic heterocycles. The number of allylic oxidation sites excluding steroid dienone is 1. The number of benzene rings is 1. The zero-order chi connectivity index (χ0) is 25.4. The molecule has 4 heterocycles. The van der Waals surface area contributed by atoms with E-state index in [1.165, 1.54) is 6.42 Å². The molecule has 3 fully saturated rings. The Kier molecular flexibility index (Phi) is 4.68. The van der Waals surface area contributed by atoms with Gasteiger partial charge < -0.3 is 4.90 Å². The molecule has 4 aliphatic rings. The smallest absolute Gasteiger partial charge is 0.225 e. The Hall–Kier alpha value is -3.65. The molecule has 2 aliphatic carbocycles. The SMILES string of the molecule is CN(C)C(=O)C1CCC2(CC1)C[C@]21C[N+]12C=C(c1cnc(-c3cccc(-c4cnn(C)c4)c3)nc1)C=N2. The average molecular weight is 495 g/mol. The Morgan fingerprint density at radius 2 is 1.81 bits per heavy atom. The fourth-order valence-corrected chi connectivity index (χ4v) is 7.04. The summed E-state index contributed by atoms with van der Waals surface area (Å²) in [5.74, 6) is 1.19. The minimum absolute atomic E-state index is 0.194. The van der Waals surface area contributed by atoms with Crippen LogP contribution in [0.3, 0.4) is 0 Å². The van der Waals surface area contributed by atoms with Crippen molar-refractivity contribution in [2.75, 3.05) is 20.6 Å². The predicted octanol–water partition coefficient (Wildman–Crippen LogP) is 4.12. The zero-order valence-electron chi connectivity index (χ0n) is 21.6. The maximum Gasteiger partial charge on any atom is 0.225 e. The van der Waals surface area contributed by atoms with Gasteiger partial charge in [0.25, 0.3) is 0 Å². The van der Waals surface area contributed by atoms with Crippen LogP contribution in [-0.4, -0.2) is 67.5 Å². The highest BCUT2D eigenvalue weighted by molar-refractivity contribution is 6.10. The largest absolute Gasteiger partial charge is 0.349 e. The fourth-order valence-electron chi connectivity index (χ4n) is 7.04. The summed E-state index contributed by atoms with van der Waals surface area (Å²) >= 11 is 0. The number of carbonyl (C=O) groups is 1. The first-order valence-corrected chi connectivity index (χ1v) is 13.1. The molecule has 1 amide bonds. The van der Waals surface area contributed by atoms with Gasteiger partial charge in [-0.1, -0.05) is 23.3 Å². The summed E-state index contributed by atoms with van der Waals surface area (Å²) in [7, 11) is 5.66. The minimum atomic E-state index is 0.194. The lowest BCUT2D eigenvalue weighted by Gasteiger charge is -2.29. The first-order chi connectivity index (χ1) is 17.8. The van der Waals surface area contributed by atoms with Gasteiger partial charge in [0.2, 0.25) is 5.91 Å². The Morgan fingerprint density at radius 1 is 1.05 bits per heavy atom.